The van der Waals surface area contributed by atoms with Crippen LogP contribution in [0.25, 0.3) is 33.9 Å². The Balaban J connectivity index is 1.64. The number of carboxylic acids is 4. The third-order valence-electron chi connectivity index (χ3n) is 5.01. The van der Waals surface area contributed by atoms with Gasteiger partial charge in [0.25, 0.3) is 0 Å². The molecule has 4 N–H and O–H groups in total. The lowest BCUT2D eigenvalue weighted by Gasteiger charge is -2.07. The highest BCUT2D eigenvalue weighted by Crippen LogP contribution is 2.24. The number of nitrogens with zero attached hydrogens (tertiary/aromatic N) is 4. The minimum absolute atomic E-state index is 0.105. The second kappa shape index (κ2) is 9.38. The Morgan fingerprint density at radius 3 is 0.889 bits per heavy atom. The molecule has 0 saturated carbocycles. The molecule has 0 aliphatic heterocycles. The van der Waals surface area contributed by atoms with Gasteiger partial charge in [-0.1, -0.05) is 0 Å². The SMILES string of the molecule is O=C(O)c1cc(C(=O)O)cc(-c2ncc(-c3cnc(-c4cc(C(=O)O)cc(C(=O)O)c4)nc3)cn2)c1. The molecule has 0 amide bonds. The molecule has 12 nitrogen and oxygen atoms in total. The maximum absolute atomic E-state index is 11.3. The molecule has 12 heteroatoms. The Kier molecular flexibility index (Phi) is 6.16. The predicted molar refractivity (Wildman–Crippen MR) is 122 cm³/mol. The molecular formula is C24H14N4O8. The van der Waals surface area contributed by atoms with Crippen LogP contribution in [0.5, 0.6) is 0 Å². The van der Waals surface area contributed by atoms with E-state index in [1.807, 2.05) is 0 Å². The molecule has 0 unspecified atom stereocenters. The van der Waals surface area contributed by atoms with Crippen LogP contribution in [-0.2, 0) is 0 Å². The van der Waals surface area contributed by atoms with E-state index >= 15 is 0 Å². The van der Waals surface area contributed by atoms with Gasteiger partial charge in [0.15, 0.2) is 11.6 Å². The van der Waals surface area contributed by atoms with E-state index in [-0.39, 0.29) is 45.0 Å². The van der Waals surface area contributed by atoms with E-state index in [2.05, 4.69) is 19.9 Å². The van der Waals surface area contributed by atoms with Crippen LogP contribution in [0.1, 0.15) is 41.4 Å². The summed E-state index contributed by atoms with van der Waals surface area (Å²) in [7, 11) is 0. The van der Waals surface area contributed by atoms with E-state index < -0.39 is 23.9 Å². The van der Waals surface area contributed by atoms with Gasteiger partial charge < -0.3 is 20.4 Å². The van der Waals surface area contributed by atoms with Crippen molar-refractivity contribution in [2.24, 2.45) is 0 Å². The summed E-state index contributed by atoms with van der Waals surface area (Å²) in [4.78, 5) is 62.0. The van der Waals surface area contributed by atoms with Gasteiger partial charge in [-0.25, -0.2) is 39.1 Å². The van der Waals surface area contributed by atoms with Crippen LogP contribution in [0.15, 0.2) is 61.2 Å². The van der Waals surface area contributed by atoms with Gasteiger partial charge in [0.05, 0.1) is 22.3 Å². The molecule has 0 saturated heterocycles. The molecule has 178 valence electrons. The van der Waals surface area contributed by atoms with Crippen molar-refractivity contribution in [3.05, 3.63) is 83.4 Å². The zero-order chi connectivity index (χ0) is 26.0. The molecule has 4 rings (SSSR count). The Labute approximate surface area is 201 Å². The van der Waals surface area contributed by atoms with Gasteiger partial charge in [0, 0.05) is 47.0 Å². The number of carbonyl (C=O) groups is 4. The molecule has 2 heterocycles. The molecule has 0 aliphatic rings. The zero-order valence-corrected chi connectivity index (χ0v) is 18.0. The highest BCUT2D eigenvalue weighted by atomic mass is 16.4. The number of aromatic nitrogens is 4. The first-order valence-corrected chi connectivity index (χ1v) is 10.0. The van der Waals surface area contributed by atoms with E-state index in [9.17, 15) is 39.6 Å². The van der Waals surface area contributed by atoms with E-state index in [0.717, 1.165) is 12.1 Å². The lowest BCUT2D eigenvalue weighted by Crippen LogP contribution is -2.04. The highest BCUT2D eigenvalue weighted by Gasteiger charge is 2.16. The summed E-state index contributed by atoms with van der Waals surface area (Å²) in [6.45, 7) is 0. The van der Waals surface area contributed by atoms with E-state index in [1.165, 1.54) is 49.1 Å². The first kappa shape index (κ1) is 23.6. The second-order valence-corrected chi connectivity index (χ2v) is 7.41. The van der Waals surface area contributed by atoms with Crippen molar-refractivity contribution in [3.8, 4) is 33.9 Å². The van der Waals surface area contributed by atoms with Gasteiger partial charge in [0.1, 0.15) is 0 Å². The third kappa shape index (κ3) is 4.87. The number of aromatic carboxylic acids is 4. The molecule has 0 fully saturated rings. The van der Waals surface area contributed by atoms with Crippen molar-refractivity contribution in [2.45, 2.75) is 0 Å². The molecule has 2 aromatic heterocycles. The van der Waals surface area contributed by atoms with Crippen LogP contribution in [0.4, 0.5) is 0 Å². The topological polar surface area (TPSA) is 201 Å². The summed E-state index contributed by atoms with van der Waals surface area (Å²) < 4.78 is 0. The molecule has 0 bridgehead atoms. The van der Waals surface area contributed by atoms with E-state index in [1.54, 1.807) is 0 Å². The number of carboxylic acid groups (broad SMARTS) is 4. The lowest BCUT2D eigenvalue weighted by atomic mass is 10.0. The quantitative estimate of drug-likeness (QED) is 0.298. The smallest absolute Gasteiger partial charge is 0.335 e. The van der Waals surface area contributed by atoms with Gasteiger partial charge in [-0.05, 0) is 36.4 Å². The zero-order valence-electron chi connectivity index (χ0n) is 18.0. The van der Waals surface area contributed by atoms with Crippen molar-refractivity contribution < 1.29 is 39.6 Å². The summed E-state index contributed by atoms with van der Waals surface area (Å²) in [5.41, 5.74) is 0.502. The van der Waals surface area contributed by atoms with E-state index in [0.29, 0.717) is 11.1 Å². The van der Waals surface area contributed by atoms with Crippen LogP contribution in [0.2, 0.25) is 0 Å². The lowest BCUT2D eigenvalue weighted by molar-refractivity contribution is 0.0676. The molecule has 0 aliphatic carbocycles. The predicted octanol–water partition coefficient (Wildman–Crippen LogP) is 3.06. The number of hydrogen-bond donors (Lipinski definition) is 4. The van der Waals surface area contributed by atoms with Crippen LogP contribution in [0.3, 0.4) is 0 Å². The standard InChI is InChI=1S/C24H14N4O8/c29-21(30)13-1-11(2-14(5-13)22(31)32)19-25-7-17(8-26-19)18-9-27-20(28-10-18)12-3-15(23(33)34)6-16(4-12)24(35)36/h1-10H,(H,29,30)(H,31,32)(H,33,34)(H,35,36). The summed E-state index contributed by atoms with van der Waals surface area (Å²) in [5.74, 6) is -4.97. The fourth-order valence-electron chi connectivity index (χ4n) is 3.26. The van der Waals surface area contributed by atoms with Crippen LogP contribution in [0, 0.1) is 0 Å². The van der Waals surface area contributed by atoms with Crippen molar-refractivity contribution in [3.63, 3.8) is 0 Å². The molecular weight excluding hydrogens is 472 g/mol. The number of benzene rings is 2. The summed E-state index contributed by atoms with van der Waals surface area (Å²) in [6, 6.07) is 7.12. The molecule has 0 atom stereocenters. The van der Waals surface area contributed by atoms with Crippen LogP contribution >= 0.6 is 0 Å². The Bertz CT molecular complexity index is 1350. The van der Waals surface area contributed by atoms with Gasteiger partial charge in [-0.3, -0.25) is 0 Å². The van der Waals surface area contributed by atoms with Gasteiger partial charge in [-0.15, -0.1) is 0 Å². The highest BCUT2D eigenvalue weighted by molar-refractivity contribution is 5.96. The van der Waals surface area contributed by atoms with Crippen molar-refractivity contribution in [2.75, 3.05) is 0 Å². The Hall–Kier alpha value is -5.52. The first-order valence-electron chi connectivity index (χ1n) is 10.0. The molecule has 0 radical (unpaired) electrons. The minimum Gasteiger partial charge on any atom is -0.478 e. The summed E-state index contributed by atoms with van der Waals surface area (Å²) in [5, 5.41) is 37.0. The fraction of sp³-hybridized carbons (Fsp3) is 0. The average Bonchev–Trinajstić information content (AvgIpc) is 2.88. The normalized spacial score (nSPS) is 10.6. The maximum atomic E-state index is 11.3. The van der Waals surface area contributed by atoms with Gasteiger partial charge in [-0.2, -0.15) is 0 Å². The van der Waals surface area contributed by atoms with Gasteiger partial charge in [0.2, 0.25) is 0 Å². The monoisotopic (exact) mass is 486 g/mol. The molecule has 4 aromatic rings. The second-order valence-electron chi connectivity index (χ2n) is 7.41. The van der Waals surface area contributed by atoms with Crippen molar-refractivity contribution in [1.29, 1.82) is 0 Å². The minimum atomic E-state index is -1.29. The Morgan fingerprint density at radius 2 is 0.667 bits per heavy atom. The van der Waals surface area contributed by atoms with Crippen LogP contribution in [-0.4, -0.2) is 64.2 Å². The largest absolute Gasteiger partial charge is 0.478 e. The maximum Gasteiger partial charge on any atom is 0.335 e. The van der Waals surface area contributed by atoms with E-state index in [4.69, 9.17) is 0 Å². The number of rotatable bonds is 7. The first-order chi connectivity index (χ1) is 17.1. The molecule has 0 spiro atoms. The number of hydrogen-bond acceptors (Lipinski definition) is 8. The average molecular weight is 486 g/mol. The fourth-order valence-corrected chi connectivity index (χ4v) is 3.26. The molecule has 2 aromatic carbocycles. The summed E-state index contributed by atoms with van der Waals surface area (Å²) >= 11 is 0. The van der Waals surface area contributed by atoms with Crippen molar-refractivity contribution in [1.82, 2.24) is 19.9 Å². The van der Waals surface area contributed by atoms with Crippen LogP contribution < -0.4 is 0 Å². The van der Waals surface area contributed by atoms with Crippen molar-refractivity contribution >= 4 is 23.9 Å². The summed E-state index contributed by atoms with van der Waals surface area (Å²) in [6.07, 6.45) is 5.68. The Morgan fingerprint density at radius 1 is 0.417 bits per heavy atom. The third-order valence-corrected chi connectivity index (χ3v) is 5.01. The van der Waals surface area contributed by atoms with Gasteiger partial charge >= 0.3 is 23.9 Å². The molecule has 36 heavy (non-hydrogen) atoms.